The number of pyridine rings is 2. The van der Waals surface area contributed by atoms with Crippen LogP contribution in [0.1, 0.15) is 34.7 Å². The topological polar surface area (TPSA) is 72.0 Å². The third kappa shape index (κ3) is 3.47. The molecule has 0 fully saturated rings. The van der Waals surface area contributed by atoms with Gasteiger partial charge in [-0.1, -0.05) is 13.8 Å². The number of rotatable bonds is 4. The molecule has 0 aromatic carbocycles. The molecule has 0 radical (unpaired) electrons. The normalized spacial score (nSPS) is 10.5. The summed E-state index contributed by atoms with van der Waals surface area (Å²) in [5.74, 6) is -1.37. The number of nitrogens with zero attached hydrogens (tertiary/aromatic N) is 2. The number of amides is 1. The molecule has 0 aliphatic rings. The van der Waals surface area contributed by atoms with Gasteiger partial charge < -0.3 is 5.32 Å². The minimum atomic E-state index is -0.522. The zero-order chi connectivity index (χ0) is 15.4. The van der Waals surface area contributed by atoms with Crippen molar-refractivity contribution in [1.29, 1.82) is 0 Å². The first-order valence-electron chi connectivity index (χ1n) is 6.40. The van der Waals surface area contributed by atoms with Gasteiger partial charge in [0.2, 0.25) is 0 Å². The van der Waals surface area contributed by atoms with Crippen molar-refractivity contribution in [2.75, 3.05) is 5.32 Å². The molecule has 0 unspecified atom stereocenters. The molecule has 1 amide bonds. The molecule has 21 heavy (non-hydrogen) atoms. The maximum Gasteiger partial charge on any atom is 0.274 e. The van der Waals surface area contributed by atoms with Crippen molar-refractivity contribution >= 4 is 17.4 Å². The second-order valence-corrected chi connectivity index (χ2v) is 4.76. The van der Waals surface area contributed by atoms with Crippen molar-refractivity contribution in [3.05, 3.63) is 53.9 Å². The summed E-state index contributed by atoms with van der Waals surface area (Å²) < 4.78 is 12.8. The van der Waals surface area contributed by atoms with E-state index in [9.17, 15) is 14.0 Å². The van der Waals surface area contributed by atoms with Crippen molar-refractivity contribution in [2.45, 2.75) is 13.8 Å². The Morgan fingerprint density at radius 3 is 2.57 bits per heavy atom. The highest BCUT2D eigenvalue weighted by Crippen LogP contribution is 2.18. The molecule has 0 aliphatic heterocycles. The number of carbonyl (C=O) groups excluding carboxylic acids is 2. The summed E-state index contributed by atoms with van der Waals surface area (Å²) in [6, 6.07) is 3.96. The Balaban J connectivity index is 2.25. The highest BCUT2D eigenvalue weighted by Gasteiger charge is 2.17. The average molecular weight is 287 g/mol. The van der Waals surface area contributed by atoms with E-state index in [-0.39, 0.29) is 17.4 Å². The lowest BCUT2D eigenvalue weighted by Crippen LogP contribution is -2.18. The fourth-order valence-corrected chi connectivity index (χ4v) is 1.71. The molecule has 0 saturated carbocycles. The van der Waals surface area contributed by atoms with Gasteiger partial charge >= 0.3 is 0 Å². The number of carbonyl (C=O) groups is 2. The largest absolute Gasteiger partial charge is 0.320 e. The van der Waals surface area contributed by atoms with Gasteiger partial charge in [-0.15, -0.1) is 0 Å². The lowest BCUT2D eigenvalue weighted by atomic mass is 10.0. The molecule has 6 heteroatoms. The Labute approximate surface area is 121 Å². The predicted octanol–water partition coefficient (Wildman–Crippen LogP) is 2.71. The third-order valence-corrected chi connectivity index (χ3v) is 2.82. The Hall–Kier alpha value is -2.63. The van der Waals surface area contributed by atoms with Gasteiger partial charge in [-0.3, -0.25) is 14.6 Å². The van der Waals surface area contributed by atoms with Crippen molar-refractivity contribution < 1.29 is 14.0 Å². The van der Waals surface area contributed by atoms with Gasteiger partial charge in [0.15, 0.2) is 5.78 Å². The van der Waals surface area contributed by atoms with E-state index in [0.717, 1.165) is 12.3 Å². The third-order valence-electron chi connectivity index (χ3n) is 2.82. The quantitative estimate of drug-likeness (QED) is 0.878. The van der Waals surface area contributed by atoms with E-state index in [1.54, 1.807) is 13.8 Å². The van der Waals surface area contributed by atoms with E-state index in [4.69, 9.17) is 0 Å². The van der Waals surface area contributed by atoms with E-state index in [1.807, 2.05) is 0 Å². The van der Waals surface area contributed by atoms with Crippen molar-refractivity contribution in [3.8, 4) is 0 Å². The zero-order valence-corrected chi connectivity index (χ0v) is 11.6. The number of ketones is 1. The number of anilines is 1. The number of hydrogen-bond donors (Lipinski definition) is 1. The molecule has 5 nitrogen and oxygen atoms in total. The maximum absolute atomic E-state index is 12.8. The van der Waals surface area contributed by atoms with E-state index >= 15 is 0 Å². The lowest BCUT2D eigenvalue weighted by molar-refractivity contribution is 0.0940. The minimum Gasteiger partial charge on any atom is -0.320 e. The van der Waals surface area contributed by atoms with Gasteiger partial charge in [0.25, 0.3) is 5.91 Å². The molecular weight excluding hydrogens is 273 g/mol. The number of nitrogens with one attached hydrogen (secondary N) is 1. The standard InChI is InChI=1S/C15H14FN3O2/c1-9(2)14(20)11-8-17-6-5-12(11)19-15(21)13-4-3-10(16)7-18-13/h3-9H,1-2H3,(H,17,19,21). The zero-order valence-electron chi connectivity index (χ0n) is 11.6. The fourth-order valence-electron chi connectivity index (χ4n) is 1.71. The Morgan fingerprint density at radius 2 is 1.95 bits per heavy atom. The van der Waals surface area contributed by atoms with Crippen LogP contribution in [0.3, 0.4) is 0 Å². The predicted molar refractivity (Wildman–Crippen MR) is 75.6 cm³/mol. The highest BCUT2D eigenvalue weighted by atomic mass is 19.1. The summed E-state index contributed by atoms with van der Waals surface area (Å²) in [7, 11) is 0. The second kappa shape index (κ2) is 6.21. The number of aromatic nitrogens is 2. The van der Waals surface area contributed by atoms with Crippen LogP contribution in [0.25, 0.3) is 0 Å². The van der Waals surface area contributed by atoms with Crippen LogP contribution in [0.15, 0.2) is 36.8 Å². The van der Waals surface area contributed by atoms with Crippen LogP contribution in [-0.4, -0.2) is 21.7 Å². The van der Waals surface area contributed by atoms with Gasteiger partial charge in [0, 0.05) is 18.3 Å². The molecule has 2 aromatic heterocycles. The smallest absolute Gasteiger partial charge is 0.274 e. The molecule has 2 aromatic rings. The van der Waals surface area contributed by atoms with Crippen LogP contribution >= 0.6 is 0 Å². The molecule has 0 bridgehead atoms. The number of hydrogen-bond acceptors (Lipinski definition) is 4. The van der Waals surface area contributed by atoms with Gasteiger partial charge in [-0.05, 0) is 18.2 Å². The SMILES string of the molecule is CC(C)C(=O)c1cnccc1NC(=O)c1ccc(F)cn1. The average Bonchev–Trinajstić information content (AvgIpc) is 2.47. The molecule has 0 aliphatic carbocycles. The van der Waals surface area contributed by atoms with Crippen LogP contribution in [0.2, 0.25) is 0 Å². The van der Waals surface area contributed by atoms with Crippen molar-refractivity contribution in [1.82, 2.24) is 9.97 Å². The molecule has 1 N–H and O–H groups in total. The molecule has 2 heterocycles. The molecule has 108 valence electrons. The first-order valence-corrected chi connectivity index (χ1v) is 6.40. The monoisotopic (exact) mass is 287 g/mol. The van der Waals surface area contributed by atoms with E-state index < -0.39 is 11.7 Å². The molecule has 2 rings (SSSR count). The van der Waals surface area contributed by atoms with Crippen LogP contribution in [-0.2, 0) is 0 Å². The van der Waals surface area contributed by atoms with Crippen LogP contribution in [0.5, 0.6) is 0 Å². The molecule has 0 saturated heterocycles. The second-order valence-electron chi connectivity index (χ2n) is 4.76. The fraction of sp³-hybridized carbons (Fsp3) is 0.200. The first-order chi connectivity index (χ1) is 9.99. The van der Waals surface area contributed by atoms with E-state index in [0.29, 0.717) is 11.3 Å². The summed E-state index contributed by atoms with van der Waals surface area (Å²) in [5, 5.41) is 2.60. The van der Waals surface area contributed by atoms with Gasteiger partial charge in [0.1, 0.15) is 11.5 Å². The minimum absolute atomic E-state index is 0.0659. The Morgan fingerprint density at radius 1 is 1.19 bits per heavy atom. The van der Waals surface area contributed by atoms with Crippen molar-refractivity contribution in [2.24, 2.45) is 5.92 Å². The summed E-state index contributed by atoms with van der Waals surface area (Å²) in [6.07, 6.45) is 3.85. The summed E-state index contributed by atoms with van der Waals surface area (Å²) in [5.41, 5.74) is 0.763. The number of halogens is 1. The number of Topliss-reactive ketones (excluding diaryl/α,β-unsaturated/α-hetero) is 1. The molecular formula is C15H14FN3O2. The van der Waals surface area contributed by atoms with Gasteiger partial charge in [-0.25, -0.2) is 9.37 Å². The summed E-state index contributed by atoms with van der Waals surface area (Å²) in [4.78, 5) is 31.7. The maximum atomic E-state index is 12.8. The van der Waals surface area contributed by atoms with Gasteiger partial charge in [0.05, 0.1) is 17.4 Å². The van der Waals surface area contributed by atoms with E-state index in [2.05, 4.69) is 15.3 Å². The Kier molecular flexibility index (Phi) is 4.37. The molecule has 0 spiro atoms. The summed E-state index contributed by atoms with van der Waals surface area (Å²) >= 11 is 0. The van der Waals surface area contributed by atoms with Crippen LogP contribution < -0.4 is 5.32 Å². The van der Waals surface area contributed by atoms with Crippen LogP contribution in [0, 0.1) is 11.7 Å². The Bertz CT molecular complexity index is 669. The molecule has 0 atom stereocenters. The summed E-state index contributed by atoms with van der Waals surface area (Å²) in [6.45, 7) is 3.53. The van der Waals surface area contributed by atoms with Gasteiger partial charge in [-0.2, -0.15) is 0 Å². The first kappa shape index (κ1) is 14.8. The van der Waals surface area contributed by atoms with Crippen LogP contribution in [0.4, 0.5) is 10.1 Å². The van der Waals surface area contributed by atoms with E-state index in [1.165, 1.54) is 24.5 Å². The highest BCUT2D eigenvalue weighted by molar-refractivity contribution is 6.09. The van der Waals surface area contributed by atoms with Crippen molar-refractivity contribution in [3.63, 3.8) is 0 Å². The lowest BCUT2D eigenvalue weighted by Gasteiger charge is -2.11.